The van der Waals surface area contributed by atoms with E-state index in [1.54, 1.807) is 0 Å². The average molecular weight is 317 g/mol. The zero-order chi connectivity index (χ0) is 16.7. The zero-order valence-corrected chi connectivity index (χ0v) is 11.9. The average Bonchev–Trinajstić information content (AvgIpc) is 2.53. The van der Waals surface area contributed by atoms with Crippen LogP contribution in [0.25, 0.3) is 0 Å². The van der Waals surface area contributed by atoms with Crippen LogP contribution >= 0.6 is 0 Å². The van der Waals surface area contributed by atoms with Gasteiger partial charge in [0.1, 0.15) is 18.0 Å². The summed E-state index contributed by atoms with van der Waals surface area (Å²) in [7, 11) is 1.00. The minimum absolute atomic E-state index is 0.0364. The molecule has 0 saturated carbocycles. The third-order valence-corrected chi connectivity index (χ3v) is 3.03. The van der Waals surface area contributed by atoms with Gasteiger partial charge < -0.3 is 29.9 Å². The van der Waals surface area contributed by atoms with Gasteiger partial charge in [0.15, 0.2) is 0 Å². The first-order valence-corrected chi connectivity index (χ1v) is 6.49. The minimum Gasteiger partial charge on any atom is -0.465 e. The van der Waals surface area contributed by atoms with E-state index in [2.05, 4.69) is 0 Å². The molecule has 0 aromatic heterocycles. The lowest BCUT2D eigenvalue weighted by Gasteiger charge is -2.36. The molecule has 4 atom stereocenters. The second kappa shape index (κ2) is 8.61. The standard InChI is InChI=1S/C12H15NO7.CH4O/c14-6-10-12(16)9(15)5-11(20-10)19-8-3-1-7(2-4-8)13(17)18;1-2/h1-4,9-12,14-16H,5-6H2;2H,1H3/t9-,10?,11-,12+;/m1./s1. The van der Waals surface area contributed by atoms with Crippen LogP contribution in [-0.2, 0) is 4.74 Å². The molecule has 1 heterocycles. The van der Waals surface area contributed by atoms with E-state index in [0.29, 0.717) is 5.75 Å². The van der Waals surface area contributed by atoms with Gasteiger partial charge in [-0.05, 0) is 12.1 Å². The second-order valence-corrected chi connectivity index (χ2v) is 4.45. The topological polar surface area (TPSA) is 143 Å². The second-order valence-electron chi connectivity index (χ2n) is 4.45. The smallest absolute Gasteiger partial charge is 0.269 e. The van der Waals surface area contributed by atoms with E-state index in [4.69, 9.17) is 19.7 Å². The van der Waals surface area contributed by atoms with Crippen molar-refractivity contribution in [3.05, 3.63) is 34.4 Å². The Morgan fingerprint density at radius 3 is 2.41 bits per heavy atom. The van der Waals surface area contributed by atoms with Gasteiger partial charge in [-0.25, -0.2) is 0 Å². The van der Waals surface area contributed by atoms with E-state index in [1.165, 1.54) is 24.3 Å². The highest BCUT2D eigenvalue weighted by Crippen LogP contribution is 2.24. The molecule has 9 nitrogen and oxygen atoms in total. The molecule has 0 aliphatic carbocycles. The van der Waals surface area contributed by atoms with E-state index in [1.807, 2.05) is 0 Å². The van der Waals surface area contributed by atoms with Gasteiger partial charge in [0, 0.05) is 25.7 Å². The highest BCUT2D eigenvalue weighted by atomic mass is 16.7. The third-order valence-electron chi connectivity index (χ3n) is 3.03. The molecular formula is C13H19NO8. The normalized spacial score (nSPS) is 27.5. The first kappa shape index (κ1) is 18.3. The Balaban J connectivity index is 0.00000116. The van der Waals surface area contributed by atoms with Crippen LogP contribution in [0.5, 0.6) is 5.75 Å². The number of aliphatic hydroxyl groups is 4. The lowest BCUT2D eigenvalue weighted by molar-refractivity contribution is -0.384. The molecule has 1 saturated heterocycles. The number of nitro benzene ring substituents is 1. The molecule has 22 heavy (non-hydrogen) atoms. The zero-order valence-electron chi connectivity index (χ0n) is 11.9. The quantitative estimate of drug-likeness (QED) is 0.426. The van der Waals surface area contributed by atoms with Gasteiger partial charge >= 0.3 is 0 Å². The maximum atomic E-state index is 10.5. The Morgan fingerprint density at radius 2 is 1.91 bits per heavy atom. The fourth-order valence-electron chi connectivity index (χ4n) is 1.94. The molecular weight excluding hydrogens is 298 g/mol. The molecule has 9 heteroatoms. The van der Waals surface area contributed by atoms with Gasteiger partial charge in [-0.3, -0.25) is 10.1 Å². The molecule has 1 aliphatic rings. The summed E-state index contributed by atoms with van der Waals surface area (Å²) >= 11 is 0. The number of ether oxygens (including phenoxy) is 2. The summed E-state index contributed by atoms with van der Waals surface area (Å²) < 4.78 is 10.7. The molecule has 1 aromatic carbocycles. The van der Waals surface area contributed by atoms with Crippen LogP contribution in [0.3, 0.4) is 0 Å². The van der Waals surface area contributed by atoms with Crippen LogP contribution in [0.2, 0.25) is 0 Å². The molecule has 1 unspecified atom stereocenters. The van der Waals surface area contributed by atoms with Gasteiger partial charge in [-0.15, -0.1) is 0 Å². The largest absolute Gasteiger partial charge is 0.465 e. The first-order chi connectivity index (χ1) is 10.5. The fraction of sp³-hybridized carbons (Fsp3) is 0.538. The monoisotopic (exact) mass is 317 g/mol. The number of non-ortho nitro benzene ring substituents is 1. The van der Waals surface area contributed by atoms with Crippen molar-refractivity contribution in [3.8, 4) is 5.75 Å². The van der Waals surface area contributed by atoms with Crippen LogP contribution in [0.15, 0.2) is 24.3 Å². The fourth-order valence-corrected chi connectivity index (χ4v) is 1.94. The molecule has 0 radical (unpaired) electrons. The highest BCUT2D eigenvalue weighted by Gasteiger charge is 2.37. The van der Waals surface area contributed by atoms with Gasteiger partial charge in [-0.2, -0.15) is 0 Å². The van der Waals surface area contributed by atoms with Crippen molar-refractivity contribution in [2.24, 2.45) is 0 Å². The summed E-state index contributed by atoms with van der Waals surface area (Å²) in [5.74, 6) is 0.334. The molecule has 1 aliphatic heterocycles. The lowest BCUT2D eigenvalue weighted by Crippen LogP contribution is -2.51. The third kappa shape index (κ3) is 4.61. The van der Waals surface area contributed by atoms with Gasteiger partial charge in [0.05, 0.1) is 17.6 Å². The summed E-state index contributed by atoms with van der Waals surface area (Å²) in [4.78, 5) is 9.99. The number of benzene rings is 1. The maximum Gasteiger partial charge on any atom is 0.269 e. The summed E-state index contributed by atoms with van der Waals surface area (Å²) in [6.45, 7) is -0.446. The van der Waals surface area contributed by atoms with Crippen LogP contribution in [0.1, 0.15) is 6.42 Å². The van der Waals surface area contributed by atoms with Crippen molar-refractivity contribution in [1.82, 2.24) is 0 Å². The molecule has 0 spiro atoms. The molecule has 0 bridgehead atoms. The summed E-state index contributed by atoms with van der Waals surface area (Å²) in [6.07, 6.45) is -3.97. The Kier molecular flexibility index (Phi) is 7.15. The van der Waals surface area contributed by atoms with E-state index < -0.39 is 36.1 Å². The molecule has 2 rings (SSSR count). The Hall–Kier alpha value is -1.78. The maximum absolute atomic E-state index is 10.5. The lowest BCUT2D eigenvalue weighted by atomic mass is 10.0. The number of hydrogen-bond donors (Lipinski definition) is 4. The molecule has 1 fully saturated rings. The molecule has 0 amide bonds. The molecule has 124 valence electrons. The van der Waals surface area contributed by atoms with Crippen LogP contribution in [-0.4, -0.2) is 63.7 Å². The predicted octanol–water partition coefficient (Wildman–Crippen LogP) is -0.589. The van der Waals surface area contributed by atoms with E-state index in [0.717, 1.165) is 7.11 Å². The van der Waals surface area contributed by atoms with Gasteiger partial charge in [-0.1, -0.05) is 0 Å². The molecule has 1 aromatic rings. The van der Waals surface area contributed by atoms with Crippen molar-refractivity contribution < 1.29 is 34.8 Å². The predicted molar refractivity (Wildman–Crippen MR) is 74.2 cm³/mol. The number of aliphatic hydroxyl groups excluding tert-OH is 4. The SMILES string of the molecule is CO.O=[N+]([O-])c1ccc(O[C@H]2C[C@@H](O)[C@H](O)C(CO)O2)cc1. The Bertz CT molecular complexity index is 466. The van der Waals surface area contributed by atoms with E-state index >= 15 is 0 Å². The minimum atomic E-state index is -1.17. The van der Waals surface area contributed by atoms with Crippen LogP contribution in [0.4, 0.5) is 5.69 Å². The number of rotatable bonds is 4. The highest BCUT2D eigenvalue weighted by molar-refractivity contribution is 5.36. The number of nitrogens with zero attached hydrogens (tertiary/aromatic N) is 1. The first-order valence-electron chi connectivity index (χ1n) is 6.49. The summed E-state index contributed by atoms with van der Waals surface area (Å²) in [5.41, 5.74) is -0.0643. The number of hydrogen-bond acceptors (Lipinski definition) is 8. The number of nitro groups is 1. The summed E-state index contributed by atoms with van der Waals surface area (Å²) in [6, 6.07) is 5.39. The van der Waals surface area contributed by atoms with Crippen LogP contribution < -0.4 is 4.74 Å². The van der Waals surface area contributed by atoms with Crippen molar-refractivity contribution in [1.29, 1.82) is 0 Å². The van der Waals surface area contributed by atoms with Crippen molar-refractivity contribution in [2.75, 3.05) is 13.7 Å². The van der Waals surface area contributed by atoms with Crippen molar-refractivity contribution in [3.63, 3.8) is 0 Å². The van der Waals surface area contributed by atoms with Crippen molar-refractivity contribution in [2.45, 2.75) is 31.0 Å². The van der Waals surface area contributed by atoms with E-state index in [9.17, 15) is 20.3 Å². The van der Waals surface area contributed by atoms with Gasteiger partial charge in [0.2, 0.25) is 6.29 Å². The summed E-state index contributed by atoms with van der Waals surface area (Å²) in [5, 5.41) is 45.7. The Morgan fingerprint density at radius 1 is 1.32 bits per heavy atom. The Labute approximate surface area is 126 Å². The van der Waals surface area contributed by atoms with Crippen LogP contribution in [0, 0.1) is 10.1 Å². The van der Waals surface area contributed by atoms with Gasteiger partial charge in [0.25, 0.3) is 5.69 Å². The van der Waals surface area contributed by atoms with Crippen molar-refractivity contribution >= 4 is 5.69 Å². The molecule has 4 N–H and O–H groups in total. The van der Waals surface area contributed by atoms with E-state index in [-0.39, 0.29) is 12.1 Å².